The van der Waals surface area contributed by atoms with Crippen molar-refractivity contribution in [1.82, 2.24) is 10.2 Å². The Morgan fingerprint density at radius 3 is 3.09 bits per heavy atom. The summed E-state index contributed by atoms with van der Waals surface area (Å²) in [4.78, 5) is 12.5. The first-order valence-corrected chi connectivity index (χ1v) is 3.82. The third-order valence-corrected chi connectivity index (χ3v) is 1.88. The first kappa shape index (κ1) is 8.49. The van der Waals surface area contributed by atoms with Gasteiger partial charge in [0.2, 0.25) is 0 Å². The minimum atomic E-state index is -0.724. The molecule has 0 aromatic rings. The molecule has 0 aromatic heterocycles. The van der Waals surface area contributed by atoms with Crippen molar-refractivity contribution in [3.05, 3.63) is 0 Å². The molecule has 1 aliphatic heterocycles. The summed E-state index contributed by atoms with van der Waals surface area (Å²) in [5.74, 6) is -0.724. The van der Waals surface area contributed by atoms with Gasteiger partial charge in [0.25, 0.3) is 0 Å². The van der Waals surface area contributed by atoms with Gasteiger partial charge in [-0.1, -0.05) is 0 Å². The van der Waals surface area contributed by atoms with Gasteiger partial charge in [-0.2, -0.15) is 0 Å². The van der Waals surface area contributed by atoms with Crippen LogP contribution in [0.25, 0.3) is 0 Å². The van der Waals surface area contributed by atoms with Gasteiger partial charge in [0.1, 0.15) is 0 Å². The molecule has 1 atom stereocenters. The van der Waals surface area contributed by atoms with Crippen molar-refractivity contribution < 1.29 is 9.90 Å². The summed E-state index contributed by atoms with van der Waals surface area (Å²) in [5.41, 5.74) is 0. The maximum atomic E-state index is 10.3. The van der Waals surface area contributed by atoms with E-state index in [1.165, 1.54) is 0 Å². The lowest BCUT2D eigenvalue weighted by Gasteiger charge is -2.29. The van der Waals surface area contributed by atoms with E-state index in [-0.39, 0.29) is 12.5 Å². The van der Waals surface area contributed by atoms with Gasteiger partial charge in [0, 0.05) is 25.7 Å². The van der Waals surface area contributed by atoms with E-state index in [1.807, 2.05) is 7.05 Å². The lowest BCUT2D eigenvalue weighted by atomic mass is 10.1. The standard InChI is InChI=1S/C7H14N2O2/c1-9-3-2-8-6(5-9)4-7(10)11/h6,8H,2-5H2,1H3,(H,10,11)/t6-/m1/s1. The number of piperazine rings is 1. The highest BCUT2D eigenvalue weighted by atomic mass is 16.4. The van der Waals surface area contributed by atoms with Crippen LogP contribution in [0.1, 0.15) is 6.42 Å². The fourth-order valence-corrected chi connectivity index (χ4v) is 1.34. The van der Waals surface area contributed by atoms with Crippen molar-refractivity contribution >= 4 is 5.97 Å². The summed E-state index contributed by atoms with van der Waals surface area (Å²) >= 11 is 0. The minimum Gasteiger partial charge on any atom is -0.481 e. The van der Waals surface area contributed by atoms with E-state index in [1.54, 1.807) is 0 Å². The number of hydrogen-bond acceptors (Lipinski definition) is 3. The van der Waals surface area contributed by atoms with Crippen LogP contribution in [0, 0.1) is 0 Å². The van der Waals surface area contributed by atoms with Crippen LogP contribution in [0.2, 0.25) is 0 Å². The van der Waals surface area contributed by atoms with Gasteiger partial charge in [-0.05, 0) is 7.05 Å². The van der Waals surface area contributed by atoms with Crippen LogP contribution in [0.5, 0.6) is 0 Å². The monoisotopic (exact) mass is 158 g/mol. The van der Waals surface area contributed by atoms with E-state index in [4.69, 9.17) is 5.11 Å². The van der Waals surface area contributed by atoms with E-state index in [9.17, 15) is 4.79 Å². The Hall–Kier alpha value is -0.610. The highest BCUT2D eigenvalue weighted by Gasteiger charge is 2.18. The summed E-state index contributed by atoms with van der Waals surface area (Å²) in [6.45, 7) is 2.75. The summed E-state index contributed by atoms with van der Waals surface area (Å²) in [7, 11) is 2.01. The molecule has 4 heteroatoms. The summed E-state index contributed by atoms with van der Waals surface area (Å²) in [6.07, 6.45) is 0.227. The van der Waals surface area contributed by atoms with Crippen LogP contribution in [0.15, 0.2) is 0 Å². The Morgan fingerprint density at radius 1 is 1.82 bits per heavy atom. The van der Waals surface area contributed by atoms with Gasteiger partial charge in [0.05, 0.1) is 6.42 Å². The number of carbonyl (C=O) groups is 1. The number of carboxylic acids is 1. The average Bonchev–Trinajstić information content (AvgIpc) is 1.85. The lowest BCUT2D eigenvalue weighted by Crippen LogP contribution is -2.49. The predicted molar refractivity (Wildman–Crippen MR) is 41.5 cm³/mol. The molecule has 11 heavy (non-hydrogen) atoms. The van der Waals surface area contributed by atoms with Gasteiger partial charge >= 0.3 is 5.97 Å². The largest absolute Gasteiger partial charge is 0.481 e. The van der Waals surface area contributed by atoms with Crippen molar-refractivity contribution in [3.63, 3.8) is 0 Å². The zero-order valence-electron chi connectivity index (χ0n) is 6.71. The van der Waals surface area contributed by atoms with Crippen molar-refractivity contribution in [2.24, 2.45) is 0 Å². The van der Waals surface area contributed by atoms with E-state index < -0.39 is 5.97 Å². The van der Waals surface area contributed by atoms with E-state index in [2.05, 4.69) is 10.2 Å². The summed E-state index contributed by atoms with van der Waals surface area (Å²) < 4.78 is 0. The third kappa shape index (κ3) is 2.86. The van der Waals surface area contributed by atoms with Crippen LogP contribution >= 0.6 is 0 Å². The van der Waals surface area contributed by atoms with Gasteiger partial charge in [0.15, 0.2) is 0 Å². The van der Waals surface area contributed by atoms with Gasteiger partial charge in [-0.25, -0.2) is 0 Å². The van der Waals surface area contributed by atoms with Crippen LogP contribution in [0.4, 0.5) is 0 Å². The number of carboxylic acid groups (broad SMARTS) is 1. The van der Waals surface area contributed by atoms with Gasteiger partial charge in [-0.15, -0.1) is 0 Å². The van der Waals surface area contributed by atoms with Crippen molar-refractivity contribution in [3.8, 4) is 0 Å². The maximum Gasteiger partial charge on any atom is 0.304 e. The second kappa shape index (κ2) is 3.69. The minimum absolute atomic E-state index is 0.131. The van der Waals surface area contributed by atoms with Crippen LogP contribution in [-0.4, -0.2) is 48.7 Å². The molecule has 2 N–H and O–H groups in total. The molecule has 64 valence electrons. The van der Waals surface area contributed by atoms with Gasteiger partial charge in [-0.3, -0.25) is 4.79 Å². The number of likely N-dealkylation sites (N-methyl/N-ethyl adjacent to an activating group) is 1. The second-order valence-electron chi connectivity index (χ2n) is 3.01. The molecule has 1 aliphatic rings. The zero-order valence-corrected chi connectivity index (χ0v) is 6.71. The molecule has 1 fully saturated rings. The topological polar surface area (TPSA) is 52.6 Å². The Kier molecular flexibility index (Phi) is 2.84. The fraction of sp³-hybridized carbons (Fsp3) is 0.857. The van der Waals surface area contributed by atoms with Crippen molar-refractivity contribution in [2.45, 2.75) is 12.5 Å². The van der Waals surface area contributed by atoms with Crippen LogP contribution in [0.3, 0.4) is 0 Å². The molecular weight excluding hydrogens is 144 g/mol. The number of nitrogens with one attached hydrogen (secondary N) is 1. The quantitative estimate of drug-likeness (QED) is 0.561. The van der Waals surface area contributed by atoms with Crippen LogP contribution < -0.4 is 5.32 Å². The maximum absolute atomic E-state index is 10.3. The Morgan fingerprint density at radius 2 is 2.55 bits per heavy atom. The van der Waals surface area contributed by atoms with Crippen molar-refractivity contribution in [2.75, 3.05) is 26.7 Å². The molecule has 1 heterocycles. The summed E-state index contributed by atoms with van der Waals surface area (Å²) in [6, 6.07) is 0.131. The Bertz CT molecular complexity index is 149. The smallest absolute Gasteiger partial charge is 0.304 e. The van der Waals surface area contributed by atoms with E-state index >= 15 is 0 Å². The predicted octanol–water partition coefficient (Wildman–Crippen LogP) is -0.635. The average molecular weight is 158 g/mol. The zero-order chi connectivity index (χ0) is 8.27. The Balaban J connectivity index is 2.28. The molecule has 0 spiro atoms. The normalized spacial score (nSPS) is 26.8. The highest BCUT2D eigenvalue weighted by molar-refractivity contribution is 5.67. The number of rotatable bonds is 2. The van der Waals surface area contributed by atoms with E-state index in [0.29, 0.717) is 0 Å². The molecule has 0 aromatic carbocycles. The number of aliphatic carboxylic acids is 1. The summed E-state index contributed by atoms with van der Waals surface area (Å²) in [5, 5.41) is 11.7. The molecule has 0 aliphatic carbocycles. The SMILES string of the molecule is CN1CCN[C@H](CC(=O)O)C1. The van der Waals surface area contributed by atoms with Crippen LogP contribution in [-0.2, 0) is 4.79 Å². The molecule has 0 unspecified atom stereocenters. The molecule has 0 bridgehead atoms. The third-order valence-electron chi connectivity index (χ3n) is 1.88. The molecule has 0 amide bonds. The second-order valence-corrected chi connectivity index (χ2v) is 3.01. The Labute approximate surface area is 66.2 Å². The first-order valence-electron chi connectivity index (χ1n) is 3.82. The fourth-order valence-electron chi connectivity index (χ4n) is 1.34. The molecule has 4 nitrogen and oxygen atoms in total. The highest BCUT2D eigenvalue weighted by Crippen LogP contribution is 1.99. The van der Waals surface area contributed by atoms with Gasteiger partial charge < -0.3 is 15.3 Å². The molecule has 1 rings (SSSR count). The number of nitrogens with zero attached hydrogens (tertiary/aromatic N) is 1. The molecule has 0 saturated carbocycles. The van der Waals surface area contributed by atoms with E-state index in [0.717, 1.165) is 19.6 Å². The lowest BCUT2D eigenvalue weighted by molar-refractivity contribution is -0.137. The molecule has 0 radical (unpaired) electrons. The molecular formula is C7H14N2O2. The van der Waals surface area contributed by atoms with Crippen molar-refractivity contribution in [1.29, 1.82) is 0 Å². The first-order chi connectivity index (χ1) is 5.18. The number of hydrogen-bond donors (Lipinski definition) is 2. The molecule has 1 saturated heterocycles.